The summed E-state index contributed by atoms with van der Waals surface area (Å²) in [6.45, 7) is 4.14. The zero-order valence-electron chi connectivity index (χ0n) is 11.3. The van der Waals surface area contributed by atoms with Crippen LogP contribution in [0.3, 0.4) is 0 Å². The van der Waals surface area contributed by atoms with Gasteiger partial charge in [-0.1, -0.05) is 37.3 Å². The summed E-state index contributed by atoms with van der Waals surface area (Å²) >= 11 is 1.71. The number of thiazole rings is 1. The van der Waals surface area contributed by atoms with E-state index in [1.165, 1.54) is 4.88 Å². The average Bonchev–Trinajstić information content (AvgIpc) is 2.84. The van der Waals surface area contributed by atoms with Crippen LogP contribution in [0.15, 0.2) is 30.3 Å². The molecule has 1 heterocycles. The van der Waals surface area contributed by atoms with Crippen molar-refractivity contribution in [1.29, 1.82) is 0 Å². The topological polar surface area (TPSA) is 48.1 Å². The molecule has 3 nitrogen and oxygen atoms in total. The molecule has 19 heavy (non-hydrogen) atoms. The Labute approximate surface area is 118 Å². The standard InChI is InChI=1S/C15H20N2OS/c1-2-10-18-11-14-17-15(13(19-14)8-9-16)12-6-4-3-5-7-12/h3-7H,2,8-11,16H2,1H3. The maximum absolute atomic E-state index is 5.69. The van der Waals surface area contributed by atoms with Crippen molar-refractivity contribution in [2.45, 2.75) is 26.4 Å². The summed E-state index contributed by atoms with van der Waals surface area (Å²) in [6.07, 6.45) is 1.91. The summed E-state index contributed by atoms with van der Waals surface area (Å²) in [5.74, 6) is 0. The van der Waals surface area contributed by atoms with Gasteiger partial charge in [0, 0.05) is 17.0 Å². The molecule has 0 saturated heterocycles. The van der Waals surface area contributed by atoms with Crippen molar-refractivity contribution < 1.29 is 4.74 Å². The second kappa shape index (κ2) is 7.38. The van der Waals surface area contributed by atoms with E-state index in [1.807, 2.05) is 18.2 Å². The van der Waals surface area contributed by atoms with Crippen molar-refractivity contribution in [2.75, 3.05) is 13.2 Å². The summed E-state index contributed by atoms with van der Waals surface area (Å²) in [5.41, 5.74) is 7.90. The monoisotopic (exact) mass is 276 g/mol. The van der Waals surface area contributed by atoms with Crippen molar-refractivity contribution in [3.63, 3.8) is 0 Å². The Morgan fingerprint density at radius 2 is 2.05 bits per heavy atom. The van der Waals surface area contributed by atoms with Crippen LogP contribution < -0.4 is 5.73 Å². The minimum Gasteiger partial charge on any atom is -0.374 e. The number of nitrogens with zero attached hydrogens (tertiary/aromatic N) is 1. The molecule has 0 unspecified atom stereocenters. The van der Waals surface area contributed by atoms with Crippen LogP contribution in [0.4, 0.5) is 0 Å². The summed E-state index contributed by atoms with van der Waals surface area (Å²) in [7, 11) is 0. The van der Waals surface area contributed by atoms with Gasteiger partial charge in [0.15, 0.2) is 0 Å². The van der Waals surface area contributed by atoms with E-state index in [1.54, 1.807) is 11.3 Å². The Hall–Kier alpha value is -1.23. The first-order chi connectivity index (χ1) is 9.35. The number of benzene rings is 1. The number of aromatic nitrogens is 1. The zero-order valence-corrected chi connectivity index (χ0v) is 12.1. The molecule has 0 aliphatic rings. The van der Waals surface area contributed by atoms with Gasteiger partial charge in [-0.05, 0) is 19.4 Å². The number of hydrogen-bond acceptors (Lipinski definition) is 4. The smallest absolute Gasteiger partial charge is 0.119 e. The lowest BCUT2D eigenvalue weighted by molar-refractivity contribution is 0.121. The molecule has 0 amide bonds. The maximum Gasteiger partial charge on any atom is 0.119 e. The van der Waals surface area contributed by atoms with Crippen LogP contribution in [0.1, 0.15) is 23.2 Å². The van der Waals surface area contributed by atoms with Gasteiger partial charge in [0.1, 0.15) is 5.01 Å². The molecule has 1 aromatic heterocycles. The van der Waals surface area contributed by atoms with E-state index in [0.29, 0.717) is 13.2 Å². The molecule has 0 saturated carbocycles. The first-order valence-electron chi connectivity index (χ1n) is 6.67. The largest absolute Gasteiger partial charge is 0.374 e. The van der Waals surface area contributed by atoms with E-state index in [2.05, 4.69) is 19.1 Å². The van der Waals surface area contributed by atoms with Crippen molar-refractivity contribution in [3.05, 3.63) is 40.2 Å². The quantitative estimate of drug-likeness (QED) is 0.790. The molecule has 0 aliphatic heterocycles. The van der Waals surface area contributed by atoms with Crippen molar-refractivity contribution in [1.82, 2.24) is 4.98 Å². The molecule has 2 rings (SSSR count). The molecule has 0 radical (unpaired) electrons. The minimum atomic E-state index is 0.600. The van der Waals surface area contributed by atoms with Gasteiger partial charge in [0.05, 0.1) is 12.3 Å². The van der Waals surface area contributed by atoms with Crippen molar-refractivity contribution in [2.24, 2.45) is 5.73 Å². The Bertz CT molecular complexity index is 496. The second-order valence-electron chi connectivity index (χ2n) is 4.34. The molecule has 0 atom stereocenters. The Morgan fingerprint density at radius 3 is 2.74 bits per heavy atom. The summed E-state index contributed by atoms with van der Waals surface area (Å²) < 4.78 is 5.57. The molecule has 0 bridgehead atoms. The SMILES string of the molecule is CCCOCc1nc(-c2ccccc2)c(CCN)s1. The molecule has 0 spiro atoms. The highest BCUT2D eigenvalue weighted by molar-refractivity contribution is 7.12. The zero-order chi connectivity index (χ0) is 13.5. The molecule has 0 aliphatic carbocycles. The van der Waals surface area contributed by atoms with Gasteiger partial charge in [-0.2, -0.15) is 0 Å². The third kappa shape index (κ3) is 3.86. The molecule has 0 fully saturated rings. The van der Waals surface area contributed by atoms with Gasteiger partial charge in [-0.25, -0.2) is 4.98 Å². The van der Waals surface area contributed by atoms with E-state index in [0.717, 1.165) is 35.7 Å². The van der Waals surface area contributed by atoms with Crippen molar-refractivity contribution in [3.8, 4) is 11.3 Å². The minimum absolute atomic E-state index is 0.600. The highest BCUT2D eigenvalue weighted by Gasteiger charge is 2.12. The molecule has 102 valence electrons. The lowest BCUT2D eigenvalue weighted by Crippen LogP contribution is -2.02. The van der Waals surface area contributed by atoms with Crippen LogP contribution in [-0.2, 0) is 17.8 Å². The van der Waals surface area contributed by atoms with Crippen LogP contribution in [0.25, 0.3) is 11.3 Å². The van der Waals surface area contributed by atoms with Gasteiger partial charge in [-0.15, -0.1) is 11.3 Å². The molecule has 1 aromatic carbocycles. The highest BCUT2D eigenvalue weighted by Crippen LogP contribution is 2.28. The van der Waals surface area contributed by atoms with Gasteiger partial charge >= 0.3 is 0 Å². The fourth-order valence-corrected chi connectivity index (χ4v) is 2.93. The van der Waals surface area contributed by atoms with Gasteiger partial charge in [-0.3, -0.25) is 0 Å². The van der Waals surface area contributed by atoms with Crippen LogP contribution in [0, 0.1) is 0 Å². The van der Waals surface area contributed by atoms with Crippen LogP contribution in [0.2, 0.25) is 0 Å². The third-order valence-corrected chi connectivity index (χ3v) is 3.82. The van der Waals surface area contributed by atoms with Crippen molar-refractivity contribution >= 4 is 11.3 Å². The van der Waals surface area contributed by atoms with E-state index >= 15 is 0 Å². The normalized spacial score (nSPS) is 10.8. The van der Waals surface area contributed by atoms with E-state index in [-0.39, 0.29) is 0 Å². The summed E-state index contributed by atoms with van der Waals surface area (Å²) in [4.78, 5) is 5.96. The molecule has 4 heteroatoms. The Kier molecular flexibility index (Phi) is 5.51. The fourth-order valence-electron chi connectivity index (χ4n) is 1.89. The van der Waals surface area contributed by atoms with E-state index in [4.69, 9.17) is 15.5 Å². The van der Waals surface area contributed by atoms with Crippen LogP contribution in [-0.4, -0.2) is 18.1 Å². The lowest BCUT2D eigenvalue weighted by Gasteiger charge is -2.00. The summed E-state index contributed by atoms with van der Waals surface area (Å²) in [5, 5.41) is 1.04. The van der Waals surface area contributed by atoms with E-state index < -0.39 is 0 Å². The summed E-state index contributed by atoms with van der Waals surface area (Å²) in [6, 6.07) is 10.3. The second-order valence-corrected chi connectivity index (χ2v) is 5.50. The number of nitrogens with two attached hydrogens (primary N) is 1. The number of hydrogen-bond donors (Lipinski definition) is 1. The Morgan fingerprint density at radius 1 is 1.26 bits per heavy atom. The van der Waals surface area contributed by atoms with Gasteiger partial charge < -0.3 is 10.5 Å². The first-order valence-corrected chi connectivity index (χ1v) is 7.48. The predicted octanol–water partition coefficient (Wildman–Crippen LogP) is 3.24. The van der Waals surface area contributed by atoms with Gasteiger partial charge in [0.25, 0.3) is 0 Å². The molecular formula is C15H20N2OS. The van der Waals surface area contributed by atoms with E-state index in [9.17, 15) is 0 Å². The van der Waals surface area contributed by atoms with Crippen LogP contribution >= 0.6 is 11.3 Å². The van der Waals surface area contributed by atoms with Crippen LogP contribution in [0.5, 0.6) is 0 Å². The Balaban J connectivity index is 2.21. The third-order valence-electron chi connectivity index (χ3n) is 2.73. The number of ether oxygens (including phenoxy) is 1. The highest BCUT2D eigenvalue weighted by atomic mass is 32.1. The maximum atomic E-state index is 5.69. The molecule has 2 aromatic rings. The molecular weight excluding hydrogens is 256 g/mol. The van der Waals surface area contributed by atoms with Gasteiger partial charge in [0.2, 0.25) is 0 Å². The number of rotatable bonds is 7. The fraction of sp³-hybridized carbons (Fsp3) is 0.400. The first kappa shape index (κ1) is 14.2. The lowest BCUT2D eigenvalue weighted by atomic mass is 10.1. The average molecular weight is 276 g/mol. The predicted molar refractivity (Wildman–Crippen MR) is 80.3 cm³/mol. The molecule has 2 N–H and O–H groups in total.